The SMILES string of the molecule is CNC(=O)c1ccc(C)c(NCc2ccc(C)cn2)c1. The van der Waals surface area contributed by atoms with Crippen LogP contribution in [-0.2, 0) is 6.54 Å². The molecular formula is C16H19N3O. The van der Waals surface area contributed by atoms with Crippen molar-refractivity contribution in [2.75, 3.05) is 12.4 Å². The first kappa shape index (κ1) is 14.1. The zero-order valence-electron chi connectivity index (χ0n) is 12.0. The normalized spacial score (nSPS) is 10.2. The summed E-state index contributed by atoms with van der Waals surface area (Å²) in [5.41, 5.74) is 4.82. The Hall–Kier alpha value is -2.36. The zero-order valence-corrected chi connectivity index (χ0v) is 12.0. The van der Waals surface area contributed by atoms with E-state index in [-0.39, 0.29) is 5.91 Å². The van der Waals surface area contributed by atoms with Crippen LogP contribution in [0.2, 0.25) is 0 Å². The molecule has 4 nitrogen and oxygen atoms in total. The zero-order chi connectivity index (χ0) is 14.5. The van der Waals surface area contributed by atoms with Gasteiger partial charge in [-0.1, -0.05) is 12.1 Å². The number of amides is 1. The number of aromatic nitrogens is 1. The van der Waals surface area contributed by atoms with Crippen molar-refractivity contribution in [2.45, 2.75) is 20.4 Å². The van der Waals surface area contributed by atoms with Gasteiger partial charge in [-0.2, -0.15) is 0 Å². The van der Waals surface area contributed by atoms with Gasteiger partial charge >= 0.3 is 0 Å². The Kier molecular flexibility index (Phi) is 4.35. The van der Waals surface area contributed by atoms with E-state index >= 15 is 0 Å². The van der Waals surface area contributed by atoms with Gasteiger partial charge in [-0.05, 0) is 43.2 Å². The highest BCUT2D eigenvalue weighted by atomic mass is 16.1. The van der Waals surface area contributed by atoms with Crippen LogP contribution in [0.5, 0.6) is 0 Å². The van der Waals surface area contributed by atoms with Gasteiger partial charge in [0, 0.05) is 24.5 Å². The molecule has 0 aliphatic carbocycles. The summed E-state index contributed by atoms with van der Waals surface area (Å²) in [7, 11) is 1.63. The molecule has 1 aromatic heterocycles. The minimum Gasteiger partial charge on any atom is -0.379 e. The fourth-order valence-corrected chi connectivity index (χ4v) is 1.89. The minimum atomic E-state index is -0.0819. The first-order chi connectivity index (χ1) is 9.60. The van der Waals surface area contributed by atoms with Crippen molar-refractivity contribution in [2.24, 2.45) is 0 Å². The topological polar surface area (TPSA) is 54.0 Å². The highest BCUT2D eigenvalue weighted by Gasteiger charge is 2.06. The van der Waals surface area contributed by atoms with Crippen LogP contribution in [0.4, 0.5) is 5.69 Å². The molecule has 104 valence electrons. The monoisotopic (exact) mass is 269 g/mol. The Labute approximate surface area is 119 Å². The number of benzene rings is 1. The molecule has 2 aromatic rings. The van der Waals surface area contributed by atoms with Gasteiger partial charge in [0.05, 0.1) is 12.2 Å². The highest BCUT2D eigenvalue weighted by Crippen LogP contribution is 2.17. The van der Waals surface area contributed by atoms with E-state index in [1.165, 1.54) is 0 Å². The van der Waals surface area contributed by atoms with Crippen molar-refractivity contribution < 1.29 is 4.79 Å². The van der Waals surface area contributed by atoms with Gasteiger partial charge in [0.1, 0.15) is 0 Å². The van der Waals surface area contributed by atoms with Crippen LogP contribution in [0.3, 0.4) is 0 Å². The number of carbonyl (C=O) groups excluding carboxylic acids is 1. The number of hydrogen-bond acceptors (Lipinski definition) is 3. The van der Waals surface area contributed by atoms with Crippen LogP contribution < -0.4 is 10.6 Å². The van der Waals surface area contributed by atoms with E-state index in [4.69, 9.17) is 0 Å². The van der Waals surface area contributed by atoms with Gasteiger partial charge in [0.2, 0.25) is 0 Å². The van der Waals surface area contributed by atoms with Crippen LogP contribution in [0.1, 0.15) is 27.2 Å². The third-order valence-corrected chi connectivity index (χ3v) is 3.16. The van der Waals surface area contributed by atoms with Crippen molar-refractivity contribution in [3.8, 4) is 0 Å². The lowest BCUT2D eigenvalue weighted by molar-refractivity contribution is 0.0963. The maximum absolute atomic E-state index is 11.6. The summed E-state index contributed by atoms with van der Waals surface area (Å²) in [6.45, 7) is 4.66. The quantitative estimate of drug-likeness (QED) is 0.897. The number of anilines is 1. The summed E-state index contributed by atoms with van der Waals surface area (Å²) in [4.78, 5) is 16.0. The molecule has 20 heavy (non-hydrogen) atoms. The number of rotatable bonds is 4. The van der Waals surface area contributed by atoms with Crippen molar-refractivity contribution >= 4 is 11.6 Å². The van der Waals surface area contributed by atoms with E-state index in [0.717, 1.165) is 22.5 Å². The number of hydrogen-bond donors (Lipinski definition) is 2. The fraction of sp³-hybridized carbons (Fsp3) is 0.250. The van der Waals surface area contributed by atoms with Gasteiger partial charge in [-0.3, -0.25) is 9.78 Å². The summed E-state index contributed by atoms with van der Waals surface area (Å²) in [6, 6.07) is 9.67. The van der Waals surface area contributed by atoms with Crippen molar-refractivity contribution in [1.29, 1.82) is 0 Å². The first-order valence-corrected chi connectivity index (χ1v) is 6.58. The number of nitrogens with zero attached hydrogens (tertiary/aromatic N) is 1. The van der Waals surface area contributed by atoms with Crippen LogP contribution in [0.15, 0.2) is 36.5 Å². The molecule has 2 N–H and O–H groups in total. The average molecular weight is 269 g/mol. The van der Waals surface area contributed by atoms with E-state index in [9.17, 15) is 4.79 Å². The molecule has 0 radical (unpaired) electrons. The molecule has 2 rings (SSSR count). The molecule has 4 heteroatoms. The van der Waals surface area contributed by atoms with E-state index < -0.39 is 0 Å². The van der Waals surface area contributed by atoms with E-state index in [2.05, 4.69) is 15.6 Å². The maximum atomic E-state index is 11.6. The largest absolute Gasteiger partial charge is 0.379 e. The second kappa shape index (κ2) is 6.19. The van der Waals surface area contributed by atoms with Crippen molar-refractivity contribution in [3.05, 3.63) is 58.9 Å². The molecule has 0 saturated carbocycles. The smallest absolute Gasteiger partial charge is 0.251 e. The van der Waals surface area contributed by atoms with Crippen molar-refractivity contribution in [3.63, 3.8) is 0 Å². The lowest BCUT2D eigenvalue weighted by atomic mass is 10.1. The van der Waals surface area contributed by atoms with Gasteiger partial charge in [0.15, 0.2) is 0 Å². The summed E-state index contributed by atoms with van der Waals surface area (Å²) in [5.74, 6) is -0.0819. The van der Waals surface area contributed by atoms with Crippen LogP contribution in [0.25, 0.3) is 0 Å². The molecular weight excluding hydrogens is 250 g/mol. The Morgan fingerprint density at radius 2 is 2.00 bits per heavy atom. The lowest BCUT2D eigenvalue weighted by Gasteiger charge is -2.11. The molecule has 0 unspecified atom stereocenters. The van der Waals surface area contributed by atoms with E-state index in [1.807, 2.05) is 50.4 Å². The predicted molar refractivity (Wildman–Crippen MR) is 80.9 cm³/mol. The van der Waals surface area contributed by atoms with Gasteiger partial charge < -0.3 is 10.6 Å². The molecule has 0 saturated heterocycles. The van der Waals surface area contributed by atoms with Gasteiger partial charge in [-0.15, -0.1) is 0 Å². The lowest BCUT2D eigenvalue weighted by Crippen LogP contribution is -2.18. The van der Waals surface area contributed by atoms with Crippen LogP contribution in [0, 0.1) is 13.8 Å². The fourth-order valence-electron chi connectivity index (χ4n) is 1.89. The Morgan fingerprint density at radius 3 is 2.65 bits per heavy atom. The van der Waals surface area contributed by atoms with E-state index in [0.29, 0.717) is 12.1 Å². The second-order valence-corrected chi connectivity index (χ2v) is 4.79. The van der Waals surface area contributed by atoms with E-state index in [1.54, 1.807) is 7.05 Å². The van der Waals surface area contributed by atoms with Crippen molar-refractivity contribution in [1.82, 2.24) is 10.3 Å². The molecule has 0 bridgehead atoms. The maximum Gasteiger partial charge on any atom is 0.251 e. The van der Waals surface area contributed by atoms with Gasteiger partial charge in [-0.25, -0.2) is 0 Å². The summed E-state index contributed by atoms with van der Waals surface area (Å²) >= 11 is 0. The average Bonchev–Trinajstić information content (AvgIpc) is 2.47. The minimum absolute atomic E-state index is 0.0819. The number of nitrogens with one attached hydrogen (secondary N) is 2. The Morgan fingerprint density at radius 1 is 1.20 bits per heavy atom. The highest BCUT2D eigenvalue weighted by molar-refractivity contribution is 5.95. The van der Waals surface area contributed by atoms with Crippen LogP contribution in [-0.4, -0.2) is 17.9 Å². The Bertz CT molecular complexity index is 606. The predicted octanol–water partition coefficient (Wildman–Crippen LogP) is 2.67. The molecule has 1 amide bonds. The number of aryl methyl sites for hydroxylation is 2. The second-order valence-electron chi connectivity index (χ2n) is 4.79. The molecule has 1 heterocycles. The molecule has 0 atom stereocenters. The molecule has 0 fully saturated rings. The Balaban J connectivity index is 2.12. The number of carbonyl (C=O) groups is 1. The molecule has 0 aliphatic rings. The molecule has 0 spiro atoms. The summed E-state index contributed by atoms with van der Waals surface area (Å²) in [6.07, 6.45) is 1.85. The van der Waals surface area contributed by atoms with Gasteiger partial charge in [0.25, 0.3) is 5.91 Å². The molecule has 1 aromatic carbocycles. The standard InChI is InChI=1S/C16H19N3O/c1-11-4-7-14(18-9-11)10-19-15-8-13(16(20)17-3)6-5-12(15)2/h4-9,19H,10H2,1-3H3,(H,17,20). The molecule has 0 aliphatic heterocycles. The summed E-state index contributed by atoms with van der Waals surface area (Å²) < 4.78 is 0. The third-order valence-electron chi connectivity index (χ3n) is 3.16. The third kappa shape index (κ3) is 3.35. The first-order valence-electron chi connectivity index (χ1n) is 6.58. The summed E-state index contributed by atoms with van der Waals surface area (Å²) in [5, 5.41) is 5.95. The van der Waals surface area contributed by atoms with Crippen LogP contribution >= 0.6 is 0 Å². The number of pyridine rings is 1.